The molecule has 0 unspecified atom stereocenters. The van der Waals surface area contributed by atoms with Crippen molar-refractivity contribution < 1.29 is 0 Å². The maximum absolute atomic E-state index is 4.31. The van der Waals surface area contributed by atoms with Crippen LogP contribution in [0.3, 0.4) is 0 Å². The first-order chi connectivity index (χ1) is 9.79. The second-order valence-corrected chi connectivity index (χ2v) is 6.06. The summed E-state index contributed by atoms with van der Waals surface area (Å²) in [6, 6.07) is 1.32. The van der Waals surface area contributed by atoms with Crippen LogP contribution in [-0.4, -0.2) is 50.1 Å². The van der Waals surface area contributed by atoms with Crippen LogP contribution in [0.2, 0.25) is 0 Å². The van der Waals surface area contributed by atoms with Gasteiger partial charge in [0.25, 0.3) is 0 Å². The topological polar surface area (TPSA) is 39.7 Å². The summed E-state index contributed by atoms with van der Waals surface area (Å²) < 4.78 is 0. The number of nitrogens with zero attached hydrogens (tertiary/aromatic N) is 2. The molecule has 0 radical (unpaired) electrons. The van der Waals surface area contributed by atoms with Gasteiger partial charge in [-0.05, 0) is 32.7 Å². The molecule has 0 spiro atoms. The van der Waals surface area contributed by atoms with Gasteiger partial charge < -0.3 is 15.5 Å². The molecule has 4 nitrogen and oxygen atoms in total. The van der Waals surface area contributed by atoms with Gasteiger partial charge in [0.1, 0.15) is 0 Å². The number of hydrogen-bond acceptors (Lipinski definition) is 2. The lowest BCUT2D eigenvalue weighted by molar-refractivity contribution is 0.194. The minimum absolute atomic E-state index is 0. The van der Waals surface area contributed by atoms with E-state index in [9.17, 15) is 0 Å². The lowest BCUT2D eigenvalue weighted by Crippen LogP contribution is -2.46. The van der Waals surface area contributed by atoms with E-state index in [1.165, 1.54) is 32.1 Å². The van der Waals surface area contributed by atoms with Crippen molar-refractivity contribution in [3.05, 3.63) is 12.2 Å². The number of halogens is 1. The van der Waals surface area contributed by atoms with Gasteiger partial charge in [0.05, 0.1) is 0 Å². The zero-order valence-electron chi connectivity index (χ0n) is 13.5. The molecule has 0 aromatic carbocycles. The van der Waals surface area contributed by atoms with Gasteiger partial charge in [0.15, 0.2) is 5.96 Å². The highest BCUT2D eigenvalue weighted by Crippen LogP contribution is 2.21. The van der Waals surface area contributed by atoms with Gasteiger partial charge in [0.2, 0.25) is 0 Å². The second kappa shape index (κ2) is 10.4. The second-order valence-electron chi connectivity index (χ2n) is 6.06. The molecule has 21 heavy (non-hydrogen) atoms. The third kappa shape index (κ3) is 6.55. The smallest absolute Gasteiger partial charge is 0.191 e. The van der Waals surface area contributed by atoms with Gasteiger partial charge in [-0.3, -0.25) is 4.99 Å². The number of hydrogen-bond donors (Lipinski definition) is 2. The summed E-state index contributed by atoms with van der Waals surface area (Å²) in [5.74, 6) is 0.941. The minimum atomic E-state index is 0. The quantitative estimate of drug-likeness (QED) is 0.319. The third-order valence-corrected chi connectivity index (χ3v) is 4.53. The predicted octanol–water partition coefficient (Wildman–Crippen LogP) is 2.75. The molecule has 2 rings (SSSR count). The molecule has 0 heterocycles. The summed E-state index contributed by atoms with van der Waals surface area (Å²) in [6.45, 7) is 2.06. The average Bonchev–Trinajstić information content (AvgIpc) is 3.00. The van der Waals surface area contributed by atoms with Gasteiger partial charge >= 0.3 is 0 Å². The van der Waals surface area contributed by atoms with Crippen LogP contribution in [-0.2, 0) is 0 Å². The van der Waals surface area contributed by atoms with E-state index < -0.39 is 0 Å². The lowest BCUT2D eigenvalue weighted by atomic mass is 9.94. The monoisotopic (exact) mass is 406 g/mol. The molecule has 0 aliphatic heterocycles. The standard InChI is InChI=1S/C16H30N4.HI/c1-17-16(19-14-8-6-7-9-14)18-12-13-20(2)15-10-4-3-5-11-15;/h6-7,14-15H,3-5,8-13H2,1-2H3,(H2,17,18,19);1H. The molecular formula is C16H31IN4. The molecule has 122 valence electrons. The van der Waals surface area contributed by atoms with E-state index in [4.69, 9.17) is 0 Å². The zero-order chi connectivity index (χ0) is 14.2. The maximum atomic E-state index is 4.31. The SMILES string of the molecule is CN=C(NCCN(C)C1CCCCC1)NC1CC=CC1.I. The fraction of sp³-hybridized carbons (Fsp3) is 0.812. The Balaban J connectivity index is 0.00000220. The highest BCUT2D eigenvalue weighted by atomic mass is 127. The van der Waals surface area contributed by atoms with Gasteiger partial charge in [-0.15, -0.1) is 24.0 Å². The van der Waals surface area contributed by atoms with E-state index in [0.717, 1.165) is 37.9 Å². The molecule has 0 aromatic heterocycles. The number of nitrogens with one attached hydrogen (secondary N) is 2. The Hall–Kier alpha value is -0.300. The summed E-state index contributed by atoms with van der Waals surface area (Å²) in [5, 5.41) is 6.91. The van der Waals surface area contributed by atoms with Crippen molar-refractivity contribution in [1.29, 1.82) is 0 Å². The van der Waals surface area contributed by atoms with Crippen LogP contribution >= 0.6 is 24.0 Å². The first-order valence-electron chi connectivity index (χ1n) is 8.12. The summed E-state index contributed by atoms with van der Waals surface area (Å²) in [7, 11) is 4.11. The molecule has 0 amide bonds. The average molecular weight is 406 g/mol. The summed E-state index contributed by atoms with van der Waals surface area (Å²) >= 11 is 0. The molecule has 0 atom stereocenters. The van der Waals surface area contributed by atoms with E-state index in [2.05, 4.69) is 39.7 Å². The van der Waals surface area contributed by atoms with Crippen molar-refractivity contribution in [3.8, 4) is 0 Å². The van der Waals surface area contributed by atoms with Crippen molar-refractivity contribution in [2.75, 3.05) is 27.2 Å². The zero-order valence-corrected chi connectivity index (χ0v) is 15.8. The number of guanidine groups is 1. The number of likely N-dealkylation sites (N-methyl/N-ethyl adjacent to an activating group) is 1. The van der Waals surface area contributed by atoms with Gasteiger partial charge in [-0.2, -0.15) is 0 Å². The highest BCUT2D eigenvalue weighted by Gasteiger charge is 2.17. The highest BCUT2D eigenvalue weighted by molar-refractivity contribution is 14.0. The molecular weight excluding hydrogens is 375 g/mol. The van der Waals surface area contributed by atoms with Gasteiger partial charge in [-0.1, -0.05) is 31.4 Å². The number of aliphatic imine (C=N–C) groups is 1. The van der Waals surface area contributed by atoms with E-state index in [-0.39, 0.29) is 24.0 Å². The predicted molar refractivity (Wildman–Crippen MR) is 102 cm³/mol. The fourth-order valence-corrected chi connectivity index (χ4v) is 3.18. The lowest BCUT2D eigenvalue weighted by Gasteiger charge is -2.31. The van der Waals surface area contributed by atoms with Crippen LogP contribution in [0.1, 0.15) is 44.9 Å². The summed E-state index contributed by atoms with van der Waals surface area (Å²) in [5.41, 5.74) is 0. The molecule has 1 fully saturated rings. The van der Waals surface area contributed by atoms with Crippen molar-refractivity contribution in [2.24, 2.45) is 4.99 Å². The van der Waals surface area contributed by atoms with Crippen LogP contribution < -0.4 is 10.6 Å². The molecule has 2 N–H and O–H groups in total. The Morgan fingerprint density at radius 2 is 1.86 bits per heavy atom. The van der Waals surface area contributed by atoms with Crippen LogP contribution in [0.4, 0.5) is 0 Å². The normalized spacial score (nSPS) is 20.6. The molecule has 1 saturated carbocycles. The first-order valence-corrected chi connectivity index (χ1v) is 8.12. The Bertz CT molecular complexity index is 329. The molecule has 0 saturated heterocycles. The van der Waals surface area contributed by atoms with E-state index >= 15 is 0 Å². The van der Waals surface area contributed by atoms with Crippen LogP contribution in [0.5, 0.6) is 0 Å². The van der Waals surface area contributed by atoms with E-state index in [1.54, 1.807) is 0 Å². The van der Waals surface area contributed by atoms with E-state index in [1.807, 2.05) is 7.05 Å². The van der Waals surface area contributed by atoms with E-state index in [0.29, 0.717) is 6.04 Å². The van der Waals surface area contributed by atoms with Crippen molar-refractivity contribution in [3.63, 3.8) is 0 Å². The summed E-state index contributed by atoms with van der Waals surface area (Å²) in [6.07, 6.45) is 13.7. The van der Waals surface area contributed by atoms with Crippen molar-refractivity contribution >= 4 is 29.9 Å². The molecule has 0 aromatic rings. The van der Waals surface area contributed by atoms with Crippen LogP contribution in [0, 0.1) is 0 Å². The Morgan fingerprint density at radius 3 is 2.48 bits per heavy atom. The Morgan fingerprint density at radius 1 is 1.19 bits per heavy atom. The molecule has 5 heteroatoms. The van der Waals surface area contributed by atoms with Gasteiger partial charge in [-0.25, -0.2) is 0 Å². The fourth-order valence-electron chi connectivity index (χ4n) is 3.18. The minimum Gasteiger partial charge on any atom is -0.355 e. The summed E-state index contributed by atoms with van der Waals surface area (Å²) in [4.78, 5) is 6.82. The van der Waals surface area contributed by atoms with Gasteiger partial charge in [0, 0.05) is 32.2 Å². The van der Waals surface area contributed by atoms with Crippen LogP contribution in [0.15, 0.2) is 17.1 Å². The maximum Gasteiger partial charge on any atom is 0.191 e. The largest absolute Gasteiger partial charge is 0.355 e. The van der Waals surface area contributed by atoms with Crippen molar-refractivity contribution in [1.82, 2.24) is 15.5 Å². The Labute approximate surface area is 146 Å². The Kier molecular flexibility index (Phi) is 9.31. The molecule has 0 bridgehead atoms. The van der Waals surface area contributed by atoms with Crippen LogP contribution in [0.25, 0.3) is 0 Å². The first kappa shape index (κ1) is 18.7. The molecule has 2 aliphatic rings. The van der Waals surface area contributed by atoms with Crippen molar-refractivity contribution in [2.45, 2.75) is 57.0 Å². The number of rotatable bonds is 5. The third-order valence-electron chi connectivity index (χ3n) is 4.53. The molecule has 2 aliphatic carbocycles.